The SMILES string of the molecule is CCOC(=O)c1c(N)[nH]c(-c2ccc(Br)cc2)c1C. The number of anilines is 1. The maximum atomic E-state index is 11.9. The second kappa shape index (κ2) is 5.48. The molecule has 0 aliphatic rings. The highest BCUT2D eigenvalue weighted by molar-refractivity contribution is 9.10. The van der Waals surface area contributed by atoms with E-state index in [1.54, 1.807) is 6.92 Å². The first-order chi connectivity index (χ1) is 9.04. The number of hydrogen-bond acceptors (Lipinski definition) is 3. The lowest BCUT2D eigenvalue weighted by Crippen LogP contribution is -2.07. The van der Waals surface area contributed by atoms with E-state index in [0.29, 0.717) is 18.0 Å². The third-order valence-corrected chi connectivity index (χ3v) is 3.42. The van der Waals surface area contributed by atoms with Crippen LogP contribution < -0.4 is 5.73 Å². The average molecular weight is 323 g/mol. The van der Waals surface area contributed by atoms with Crippen molar-refractivity contribution in [2.75, 3.05) is 12.3 Å². The van der Waals surface area contributed by atoms with Crippen LogP contribution in [0.5, 0.6) is 0 Å². The monoisotopic (exact) mass is 322 g/mol. The predicted octanol–water partition coefficient (Wildman–Crippen LogP) is 3.51. The van der Waals surface area contributed by atoms with Gasteiger partial charge in [-0.3, -0.25) is 0 Å². The number of nitrogens with two attached hydrogens (primary N) is 1. The third-order valence-electron chi connectivity index (χ3n) is 2.89. The van der Waals surface area contributed by atoms with Gasteiger partial charge in [0.15, 0.2) is 0 Å². The lowest BCUT2D eigenvalue weighted by molar-refractivity contribution is 0.0527. The minimum atomic E-state index is -0.392. The van der Waals surface area contributed by atoms with Crippen LogP contribution in [0.4, 0.5) is 5.82 Å². The number of aromatic amines is 1. The highest BCUT2D eigenvalue weighted by Gasteiger charge is 2.20. The maximum Gasteiger partial charge on any atom is 0.342 e. The van der Waals surface area contributed by atoms with Gasteiger partial charge in [0.1, 0.15) is 11.4 Å². The zero-order chi connectivity index (χ0) is 14.0. The molecule has 0 atom stereocenters. The molecule has 0 aliphatic heterocycles. The minimum Gasteiger partial charge on any atom is -0.462 e. The number of benzene rings is 1. The summed E-state index contributed by atoms with van der Waals surface area (Å²) in [5, 5.41) is 0. The molecule has 0 amide bonds. The second-order valence-corrected chi connectivity index (χ2v) is 5.06. The fourth-order valence-corrected chi connectivity index (χ4v) is 2.25. The van der Waals surface area contributed by atoms with Gasteiger partial charge in [-0.25, -0.2) is 4.79 Å². The topological polar surface area (TPSA) is 68.1 Å². The number of nitrogen functional groups attached to an aromatic ring is 1. The Morgan fingerprint density at radius 2 is 2.00 bits per heavy atom. The molecule has 0 spiro atoms. The third kappa shape index (κ3) is 2.66. The zero-order valence-corrected chi connectivity index (χ0v) is 12.4. The van der Waals surface area contributed by atoms with Gasteiger partial charge in [0.2, 0.25) is 0 Å². The number of aromatic nitrogens is 1. The largest absolute Gasteiger partial charge is 0.462 e. The Morgan fingerprint density at radius 3 is 2.58 bits per heavy atom. The van der Waals surface area contributed by atoms with Crippen LogP contribution in [0.1, 0.15) is 22.8 Å². The van der Waals surface area contributed by atoms with Crippen LogP contribution in [0.2, 0.25) is 0 Å². The molecule has 0 unspecified atom stereocenters. The van der Waals surface area contributed by atoms with Crippen LogP contribution in [0, 0.1) is 6.92 Å². The summed E-state index contributed by atoms with van der Waals surface area (Å²) in [4.78, 5) is 14.9. The van der Waals surface area contributed by atoms with E-state index >= 15 is 0 Å². The number of ether oxygens (including phenoxy) is 1. The molecular formula is C14H15BrN2O2. The van der Waals surface area contributed by atoms with Gasteiger partial charge in [0.25, 0.3) is 0 Å². The zero-order valence-electron chi connectivity index (χ0n) is 10.8. The van der Waals surface area contributed by atoms with Crippen molar-refractivity contribution in [2.24, 2.45) is 0 Å². The van der Waals surface area contributed by atoms with Crippen molar-refractivity contribution in [3.63, 3.8) is 0 Å². The van der Waals surface area contributed by atoms with Crippen molar-refractivity contribution < 1.29 is 9.53 Å². The minimum absolute atomic E-state index is 0.330. The fourth-order valence-electron chi connectivity index (χ4n) is 1.99. The number of esters is 1. The van der Waals surface area contributed by atoms with E-state index in [2.05, 4.69) is 20.9 Å². The van der Waals surface area contributed by atoms with Crippen LogP contribution >= 0.6 is 15.9 Å². The van der Waals surface area contributed by atoms with Gasteiger partial charge in [-0.2, -0.15) is 0 Å². The molecule has 5 heteroatoms. The molecule has 2 rings (SSSR count). The molecule has 1 aromatic carbocycles. The van der Waals surface area contributed by atoms with Crippen LogP contribution in [0.15, 0.2) is 28.7 Å². The molecule has 19 heavy (non-hydrogen) atoms. The number of rotatable bonds is 3. The van der Waals surface area contributed by atoms with Gasteiger partial charge < -0.3 is 15.5 Å². The summed E-state index contributed by atoms with van der Waals surface area (Å²) in [5.74, 6) is -0.0500. The Kier molecular flexibility index (Phi) is 3.95. The van der Waals surface area contributed by atoms with Gasteiger partial charge in [-0.05, 0) is 37.1 Å². The molecule has 3 N–H and O–H groups in total. The first-order valence-corrected chi connectivity index (χ1v) is 6.75. The molecule has 1 aromatic heterocycles. The lowest BCUT2D eigenvalue weighted by atomic mass is 10.1. The Morgan fingerprint density at radius 1 is 1.37 bits per heavy atom. The van der Waals surface area contributed by atoms with Gasteiger partial charge >= 0.3 is 5.97 Å². The van der Waals surface area contributed by atoms with Crippen molar-refractivity contribution >= 4 is 27.7 Å². The van der Waals surface area contributed by atoms with Gasteiger partial charge in [0.05, 0.1) is 12.3 Å². The summed E-state index contributed by atoms with van der Waals surface area (Å²) in [6, 6.07) is 7.79. The Balaban J connectivity index is 2.46. The number of H-pyrrole nitrogens is 1. The van der Waals surface area contributed by atoms with E-state index in [0.717, 1.165) is 21.3 Å². The van der Waals surface area contributed by atoms with Crippen LogP contribution in [0.3, 0.4) is 0 Å². The van der Waals surface area contributed by atoms with Crippen molar-refractivity contribution in [3.05, 3.63) is 39.9 Å². The smallest absolute Gasteiger partial charge is 0.342 e. The van der Waals surface area contributed by atoms with E-state index in [9.17, 15) is 4.79 Å². The summed E-state index contributed by atoms with van der Waals surface area (Å²) in [6.07, 6.45) is 0. The Labute approximate surface area is 120 Å². The summed E-state index contributed by atoms with van der Waals surface area (Å²) in [5.41, 5.74) is 8.91. The Hall–Kier alpha value is -1.75. The number of halogens is 1. The van der Waals surface area contributed by atoms with E-state index in [-0.39, 0.29) is 0 Å². The Bertz CT molecular complexity index is 603. The van der Waals surface area contributed by atoms with E-state index in [4.69, 9.17) is 10.5 Å². The highest BCUT2D eigenvalue weighted by atomic mass is 79.9. The number of carbonyl (C=O) groups is 1. The van der Waals surface area contributed by atoms with Crippen molar-refractivity contribution in [1.82, 2.24) is 4.98 Å². The molecule has 0 radical (unpaired) electrons. The summed E-state index contributed by atoms with van der Waals surface area (Å²) in [7, 11) is 0. The first-order valence-electron chi connectivity index (χ1n) is 5.95. The first kappa shape index (κ1) is 13.7. The fraction of sp³-hybridized carbons (Fsp3) is 0.214. The van der Waals surface area contributed by atoms with Crippen LogP contribution in [-0.2, 0) is 4.74 Å². The molecule has 0 fully saturated rings. The molecule has 4 nitrogen and oxygen atoms in total. The van der Waals surface area contributed by atoms with Gasteiger partial charge in [-0.15, -0.1) is 0 Å². The summed E-state index contributed by atoms with van der Waals surface area (Å²) in [6.45, 7) is 3.96. The number of nitrogens with one attached hydrogen (secondary N) is 1. The van der Waals surface area contributed by atoms with Crippen molar-refractivity contribution in [1.29, 1.82) is 0 Å². The van der Waals surface area contributed by atoms with E-state index in [1.165, 1.54) is 0 Å². The van der Waals surface area contributed by atoms with Crippen LogP contribution in [-0.4, -0.2) is 17.6 Å². The lowest BCUT2D eigenvalue weighted by Gasteiger charge is -2.03. The van der Waals surface area contributed by atoms with Gasteiger partial charge in [0, 0.05) is 4.47 Å². The summed E-state index contributed by atoms with van der Waals surface area (Å²) < 4.78 is 6.01. The molecule has 2 aromatic rings. The molecule has 0 saturated heterocycles. The normalized spacial score (nSPS) is 10.5. The maximum absolute atomic E-state index is 11.9. The molecule has 0 bridgehead atoms. The van der Waals surface area contributed by atoms with Crippen molar-refractivity contribution in [3.8, 4) is 11.3 Å². The number of hydrogen-bond donors (Lipinski definition) is 2. The van der Waals surface area contributed by atoms with Crippen LogP contribution in [0.25, 0.3) is 11.3 Å². The average Bonchev–Trinajstić information content (AvgIpc) is 2.66. The van der Waals surface area contributed by atoms with Gasteiger partial charge in [-0.1, -0.05) is 28.1 Å². The van der Waals surface area contributed by atoms with E-state index < -0.39 is 5.97 Å². The standard InChI is InChI=1S/C14H15BrN2O2/c1-3-19-14(18)11-8(2)12(17-13(11)16)9-4-6-10(15)7-5-9/h4-7,17H,3,16H2,1-2H3. The molecule has 1 heterocycles. The number of carbonyl (C=O) groups excluding carboxylic acids is 1. The second-order valence-electron chi connectivity index (χ2n) is 4.14. The van der Waals surface area contributed by atoms with E-state index in [1.807, 2.05) is 31.2 Å². The molecule has 0 saturated carbocycles. The predicted molar refractivity (Wildman–Crippen MR) is 79.0 cm³/mol. The molecular weight excluding hydrogens is 308 g/mol. The molecule has 100 valence electrons. The highest BCUT2D eigenvalue weighted by Crippen LogP contribution is 2.30. The summed E-state index contributed by atoms with van der Waals surface area (Å²) >= 11 is 3.39. The van der Waals surface area contributed by atoms with Crippen molar-refractivity contribution in [2.45, 2.75) is 13.8 Å². The quantitative estimate of drug-likeness (QED) is 0.849. The molecule has 0 aliphatic carbocycles.